The van der Waals surface area contributed by atoms with Crippen LogP contribution in [0, 0.1) is 25.2 Å². The molecule has 0 bridgehead atoms. The number of carbonyl (C=O) groups excluding carboxylic acids is 1. The number of hydrogen-bond acceptors (Lipinski definition) is 4. The quantitative estimate of drug-likeness (QED) is 0.504. The number of nitriles is 1. The molecule has 4 nitrogen and oxygen atoms in total. The lowest BCUT2D eigenvalue weighted by atomic mass is 10.0. The molecule has 0 aliphatic carbocycles. The maximum absolute atomic E-state index is 11.5. The van der Waals surface area contributed by atoms with Crippen LogP contribution in [0.2, 0.25) is 0 Å². The Morgan fingerprint density at radius 1 is 1.44 bits per heavy atom. The minimum absolute atomic E-state index is 0.0543. The zero-order valence-electron chi connectivity index (χ0n) is 10.7. The van der Waals surface area contributed by atoms with E-state index < -0.39 is 5.97 Å². The van der Waals surface area contributed by atoms with Gasteiger partial charge in [0.15, 0.2) is 0 Å². The number of phenolic OH excluding ortho intramolecular Hbond substituents is 1. The van der Waals surface area contributed by atoms with Crippen molar-refractivity contribution in [2.75, 3.05) is 6.61 Å². The van der Waals surface area contributed by atoms with Crippen molar-refractivity contribution in [3.8, 4) is 11.8 Å². The van der Waals surface area contributed by atoms with Gasteiger partial charge in [0.05, 0.1) is 6.61 Å². The third kappa shape index (κ3) is 3.11. The minimum Gasteiger partial charge on any atom is -0.507 e. The topological polar surface area (TPSA) is 70.3 Å². The fourth-order valence-electron chi connectivity index (χ4n) is 1.59. The summed E-state index contributed by atoms with van der Waals surface area (Å²) in [6.45, 7) is 5.43. The van der Waals surface area contributed by atoms with Crippen molar-refractivity contribution in [2.45, 2.75) is 20.8 Å². The third-order valence-corrected chi connectivity index (χ3v) is 2.44. The first-order chi connectivity index (χ1) is 8.49. The van der Waals surface area contributed by atoms with Gasteiger partial charge in [-0.2, -0.15) is 5.26 Å². The predicted molar refractivity (Wildman–Crippen MR) is 67.8 cm³/mol. The van der Waals surface area contributed by atoms with Crippen molar-refractivity contribution in [2.24, 2.45) is 0 Å². The Bertz CT molecular complexity index is 515. The summed E-state index contributed by atoms with van der Waals surface area (Å²) in [5.74, 6) is -0.412. The van der Waals surface area contributed by atoms with E-state index in [2.05, 4.69) is 0 Å². The number of aromatic hydroxyl groups is 1. The van der Waals surface area contributed by atoms with Crippen LogP contribution in [-0.4, -0.2) is 17.7 Å². The lowest BCUT2D eigenvalue weighted by Gasteiger charge is -2.05. The highest BCUT2D eigenvalue weighted by Gasteiger charge is 2.10. The number of ether oxygens (including phenoxy) is 1. The van der Waals surface area contributed by atoms with E-state index in [0.29, 0.717) is 16.7 Å². The van der Waals surface area contributed by atoms with Crippen LogP contribution in [-0.2, 0) is 9.53 Å². The van der Waals surface area contributed by atoms with E-state index in [0.717, 1.165) is 0 Å². The third-order valence-electron chi connectivity index (χ3n) is 2.44. The monoisotopic (exact) mass is 245 g/mol. The Morgan fingerprint density at radius 3 is 2.44 bits per heavy atom. The average Bonchev–Trinajstić information content (AvgIpc) is 2.33. The Balaban J connectivity index is 3.15. The van der Waals surface area contributed by atoms with E-state index in [4.69, 9.17) is 10.00 Å². The molecule has 0 saturated heterocycles. The van der Waals surface area contributed by atoms with Crippen LogP contribution in [0.3, 0.4) is 0 Å². The van der Waals surface area contributed by atoms with Crippen LogP contribution in [0.15, 0.2) is 17.7 Å². The van der Waals surface area contributed by atoms with Crippen molar-refractivity contribution in [3.63, 3.8) is 0 Å². The number of esters is 1. The molecule has 0 atom stereocenters. The number of rotatable bonds is 3. The van der Waals surface area contributed by atoms with Gasteiger partial charge in [0, 0.05) is 0 Å². The lowest BCUT2D eigenvalue weighted by molar-refractivity contribution is -0.137. The zero-order chi connectivity index (χ0) is 13.7. The summed E-state index contributed by atoms with van der Waals surface area (Å²) in [6.07, 6.45) is 1.46. The lowest BCUT2D eigenvalue weighted by Crippen LogP contribution is -2.06. The minimum atomic E-state index is -0.636. The van der Waals surface area contributed by atoms with E-state index in [1.807, 2.05) is 6.07 Å². The first-order valence-electron chi connectivity index (χ1n) is 5.58. The molecule has 1 aromatic carbocycles. The zero-order valence-corrected chi connectivity index (χ0v) is 10.7. The molecule has 4 heteroatoms. The Morgan fingerprint density at radius 2 is 2.00 bits per heavy atom. The van der Waals surface area contributed by atoms with Gasteiger partial charge in [-0.15, -0.1) is 0 Å². The summed E-state index contributed by atoms with van der Waals surface area (Å²) in [5, 5.41) is 18.5. The molecule has 0 saturated carbocycles. The summed E-state index contributed by atoms with van der Waals surface area (Å²) in [6, 6.07) is 5.23. The van der Waals surface area contributed by atoms with Gasteiger partial charge >= 0.3 is 5.97 Å². The molecule has 0 unspecified atom stereocenters. The summed E-state index contributed by atoms with van der Waals surface area (Å²) in [5.41, 5.74) is 2.03. The standard InChI is InChI=1S/C14H15NO3/c1-4-18-14(17)12(8-15)7-11-5-9(2)13(16)10(3)6-11/h5-7,16H,4H2,1-3H3/b12-7-. The molecular weight excluding hydrogens is 230 g/mol. The van der Waals surface area contributed by atoms with Crippen molar-refractivity contribution >= 4 is 12.0 Å². The molecule has 1 aromatic rings. The number of aryl methyl sites for hydroxylation is 2. The summed E-state index contributed by atoms with van der Waals surface area (Å²) < 4.78 is 4.77. The molecule has 0 fully saturated rings. The Kier molecular flexibility index (Phi) is 4.50. The second kappa shape index (κ2) is 5.87. The fourth-order valence-corrected chi connectivity index (χ4v) is 1.59. The highest BCUT2D eigenvalue weighted by molar-refractivity contribution is 5.97. The van der Waals surface area contributed by atoms with Crippen LogP contribution >= 0.6 is 0 Å². The van der Waals surface area contributed by atoms with E-state index in [1.165, 1.54) is 6.08 Å². The molecule has 0 radical (unpaired) electrons. The van der Waals surface area contributed by atoms with Gasteiger partial charge in [-0.3, -0.25) is 0 Å². The predicted octanol–water partition coefficient (Wildman–Crippen LogP) is 2.48. The first-order valence-corrected chi connectivity index (χ1v) is 5.58. The van der Waals surface area contributed by atoms with Crippen LogP contribution in [0.1, 0.15) is 23.6 Å². The van der Waals surface area contributed by atoms with Gasteiger partial charge in [0.2, 0.25) is 0 Å². The van der Waals surface area contributed by atoms with Crippen LogP contribution in [0.25, 0.3) is 6.08 Å². The van der Waals surface area contributed by atoms with Crippen molar-refractivity contribution in [1.29, 1.82) is 5.26 Å². The SMILES string of the molecule is CCOC(=O)/C(C#N)=C\c1cc(C)c(O)c(C)c1. The number of benzene rings is 1. The van der Waals surface area contributed by atoms with E-state index in [9.17, 15) is 9.90 Å². The van der Waals surface area contributed by atoms with Gasteiger partial charge in [-0.05, 0) is 55.7 Å². The highest BCUT2D eigenvalue weighted by Crippen LogP contribution is 2.24. The number of phenols is 1. The summed E-state index contributed by atoms with van der Waals surface area (Å²) in [7, 11) is 0. The number of nitrogens with zero attached hydrogens (tertiary/aromatic N) is 1. The van der Waals surface area contributed by atoms with Gasteiger partial charge in [0.1, 0.15) is 17.4 Å². The van der Waals surface area contributed by atoms with Crippen LogP contribution < -0.4 is 0 Å². The van der Waals surface area contributed by atoms with Gasteiger partial charge in [0.25, 0.3) is 0 Å². The van der Waals surface area contributed by atoms with E-state index in [1.54, 1.807) is 32.9 Å². The average molecular weight is 245 g/mol. The van der Waals surface area contributed by atoms with Gasteiger partial charge in [-0.1, -0.05) is 0 Å². The number of hydrogen-bond donors (Lipinski definition) is 1. The molecular formula is C14H15NO3. The Labute approximate surface area is 106 Å². The van der Waals surface area contributed by atoms with Crippen molar-refractivity contribution < 1.29 is 14.6 Å². The largest absolute Gasteiger partial charge is 0.507 e. The molecule has 18 heavy (non-hydrogen) atoms. The number of carbonyl (C=O) groups is 1. The van der Waals surface area contributed by atoms with E-state index in [-0.39, 0.29) is 17.9 Å². The molecule has 1 rings (SSSR count). The molecule has 0 aliphatic rings. The van der Waals surface area contributed by atoms with Crippen LogP contribution in [0.5, 0.6) is 5.75 Å². The molecule has 0 spiro atoms. The van der Waals surface area contributed by atoms with Crippen molar-refractivity contribution in [1.82, 2.24) is 0 Å². The van der Waals surface area contributed by atoms with Gasteiger partial charge in [-0.25, -0.2) is 4.79 Å². The second-order valence-corrected chi connectivity index (χ2v) is 3.89. The normalized spacial score (nSPS) is 10.9. The summed E-state index contributed by atoms with van der Waals surface area (Å²) in [4.78, 5) is 11.5. The van der Waals surface area contributed by atoms with E-state index >= 15 is 0 Å². The summed E-state index contributed by atoms with van der Waals surface area (Å²) >= 11 is 0. The fraction of sp³-hybridized carbons (Fsp3) is 0.286. The molecule has 0 aliphatic heterocycles. The molecule has 0 heterocycles. The molecule has 1 N–H and O–H groups in total. The Hall–Kier alpha value is -2.28. The van der Waals surface area contributed by atoms with Crippen molar-refractivity contribution in [3.05, 3.63) is 34.4 Å². The maximum Gasteiger partial charge on any atom is 0.348 e. The van der Waals surface area contributed by atoms with Crippen LogP contribution in [0.4, 0.5) is 0 Å². The molecule has 0 amide bonds. The second-order valence-electron chi connectivity index (χ2n) is 3.89. The molecule has 94 valence electrons. The highest BCUT2D eigenvalue weighted by atomic mass is 16.5. The maximum atomic E-state index is 11.5. The molecule has 0 aromatic heterocycles. The van der Waals surface area contributed by atoms with Gasteiger partial charge < -0.3 is 9.84 Å². The smallest absolute Gasteiger partial charge is 0.348 e. The first kappa shape index (κ1) is 13.8.